The molecule has 0 unspecified atom stereocenters. The molecule has 7 nitrogen and oxygen atoms in total. The second kappa shape index (κ2) is 5.92. The highest BCUT2D eigenvalue weighted by Gasteiger charge is 2.22. The number of nitrogens with two attached hydrogens (primary N) is 1. The second-order valence-corrected chi connectivity index (χ2v) is 6.56. The summed E-state index contributed by atoms with van der Waals surface area (Å²) in [6.45, 7) is -0.148. The molecule has 0 aliphatic heterocycles. The summed E-state index contributed by atoms with van der Waals surface area (Å²) in [5, 5.41) is 5.56. The van der Waals surface area contributed by atoms with Crippen LogP contribution in [0.1, 0.15) is 5.56 Å². The Kier molecular flexibility index (Phi) is 4.40. The van der Waals surface area contributed by atoms with Crippen LogP contribution in [-0.4, -0.2) is 18.6 Å². The summed E-state index contributed by atoms with van der Waals surface area (Å²) in [5.74, 6) is -1.07. The van der Waals surface area contributed by atoms with E-state index in [-0.39, 0.29) is 17.9 Å². The van der Waals surface area contributed by atoms with Crippen LogP contribution in [0.2, 0.25) is 0 Å². The van der Waals surface area contributed by atoms with Gasteiger partial charge >= 0.3 is 0 Å². The molecule has 0 fully saturated rings. The molecule has 10 heteroatoms. The molecular formula is C11H10BrFN4O3S. The molecule has 0 aliphatic carbocycles. The van der Waals surface area contributed by atoms with Gasteiger partial charge in [-0.1, -0.05) is 15.9 Å². The number of H-pyrrole nitrogens is 1. The van der Waals surface area contributed by atoms with E-state index in [9.17, 15) is 17.6 Å². The third-order valence-corrected chi connectivity index (χ3v) is 4.32. The normalized spacial score (nSPS) is 11.4. The third-order valence-electron chi connectivity index (χ3n) is 2.51. The van der Waals surface area contributed by atoms with Crippen LogP contribution in [0.25, 0.3) is 0 Å². The molecular weight excluding hydrogens is 367 g/mol. The average molecular weight is 377 g/mol. The molecule has 0 aliphatic rings. The summed E-state index contributed by atoms with van der Waals surface area (Å²) in [6.07, 6.45) is 0. The minimum atomic E-state index is -4.21. The monoisotopic (exact) mass is 376 g/mol. The van der Waals surface area contributed by atoms with Crippen LogP contribution in [0.5, 0.6) is 0 Å². The molecule has 0 spiro atoms. The van der Waals surface area contributed by atoms with Gasteiger partial charge < -0.3 is 5.73 Å². The maximum atomic E-state index is 14.1. The first-order valence-electron chi connectivity index (χ1n) is 5.60. The van der Waals surface area contributed by atoms with Gasteiger partial charge in [-0.3, -0.25) is 9.52 Å². The lowest BCUT2D eigenvalue weighted by Crippen LogP contribution is -2.18. The average Bonchev–Trinajstić information content (AvgIpc) is 2.43. The van der Waals surface area contributed by atoms with Crippen molar-refractivity contribution in [3.05, 3.63) is 50.5 Å². The predicted molar refractivity (Wildman–Crippen MR) is 77.7 cm³/mol. The van der Waals surface area contributed by atoms with Crippen molar-refractivity contribution < 1.29 is 12.8 Å². The van der Waals surface area contributed by atoms with E-state index in [1.54, 1.807) is 0 Å². The zero-order valence-electron chi connectivity index (χ0n) is 10.4. The molecule has 0 bridgehead atoms. The zero-order valence-corrected chi connectivity index (χ0v) is 12.8. The van der Waals surface area contributed by atoms with Crippen molar-refractivity contribution >= 4 is 31.8 Å². The van der Waals surface area contributed by atoms with Gasteiger partial charge in [0.2, 0.25) is 0 Å². The van der Waals surface area contributed by atoms with Crippen molar-refractivity contribution in [1.29, 1.82) is 0 Å². The van der Waals surface area contributed by atoms with Crippen LogP contribution >= 0.6 is 15.9 Å². The number of hydrogen-bond acceptors (Lipinski definition) is 5. The Morgan fingerprint density at radius 3 is 2.67 bits per heavy atom. The molecule has 0 amide bonds. The van der Waals surface area contributed by atoms with E-state index in [0.717, 1.165) is 18.2 Å². The topological polar surface area (TPSA) is 118 Å². The lowest BCUT2D eigenvalue weighted by atomic mass is 10.2. The van der Waals surface area contributed by atoms with Crippen molar-refractivity contribution in [1.82, 2.24) is 10.2 Å². The molecule has 2 rings (SSSR count). The summed E-state index contributed by atoms with van der Waals surface area (Å²) >= 11 is 3.10. The van der Waals surface area contributed by atoms with Gasteiger partial charge in [-0.05, 0) is 18.2 Å². The highest BCUT2D eigenvalue weighted by molar-refractivity contribution is 9.10. The largest absolute Gasteiger partial charge is 0.326 e. The quantitative estimate of drug-likeness (QED) is 0.733. The van der Waals surface area contributed by atoms with Crippen molar-refractivity contribution in [2.75, 3.05) is 4.72 Å². The Morgan fingerprint density at radius 1 is 1.38 bits per heavy atom. The molecule has 1 aromatic carbocycles. The first-order chi connectivity index (χ1) is 9.83. The van der Waals surface area contributed by atoms with Crippen LogP contribution in [-0.2, 0) is 16.6 Å². The Hall–Kier alpha value is -1.78. The molecule has 1 heterocycles. The van der Waals surface area contributed by atoms with Crippen LogP contribution in [0.3, 0.4) is 0 Å². The number of nitrogens with zero attached hydrogens (tertiary/aromatic N) is 1. The van der Waals surface area contributed by atoms with Gasteiger partial charge in [0.05, 0.1) is 0 Å². The number of benzene rings is 1. The highest BCUT2D eigenvalue weighted by Crippen LogP contribution is 2.25. The number of sulfonamides is 1. The van der Waals surface area contributed by atoms with E-state index < -0.39 is 26.3 Å². The Bertz CT molecular complexity index is 817. The summed E-state index contributed by atoms with van der Waals surface area (Å²) in [4.78, 5) is 10.3. The van der Waals surface area contributed by atoms with Crippen molar-refractivity contribution in [2.24, 2.45) is 5.73 Å². The van der Waals surface area contributed by atoms with Crippen LogP contribution in [0.15, 0.2) is 38.4 Å². The maximum absolute atomic E-state index is 14.1. The fourth-order valence-electron chi connectivity index (χ4n) is 1.56. The lowest BCUT2D eigenvalue weighted by Gasteiger charge is -2.10. The van der Waals surface area contributed by atoms with E-state index in [2.05, 4.69) is 30.8 Å². The van der Waals surface area contributed by atoms with Crippen molar-refractivity contribution in [3.8, 4) is 0 Å². The number of aromatic nitrogens is 2. The number of hydrogen-bond donors (Lipinski definition) is 3. The summed E-state index contributed by atoms with van der Waals surface area (Å²) in [7, 11) is -4.21. The van der Waals surface area contributed by atoms with Gasteiger partial charge in [0.25, 0.3) is 15.6 Å². The van der Waals surface area contributed by atoms with Gasteiger partial charge in [0.1, 0.15) is 10.7 Å². The summed E-state index contributed by atoms with van der Waals surface area (Å²) in [5.41, 5.74) is 4.94. The van der Waals surface area contributed by atoms with E-state index in [0.29, 0.717) is 4.47 Å². The molecule has 0 atom stereocenters. The minimum Gasteiger partial charge on any atom is -0.326 e. The fourth-order valence-corrected chi connectivity index (χ4v) is 3.36. The number of aromatic amines is 1. The van der Waals surface area contributed by atoms with Gasteiger partial charge in [-0.15, -0.1) is 0 Å². The molecule has 2 aromatic rings. The molecule has 112 valence electrons. The molecule has 21 heavy (non-hydrogen) atoms. The molecule has 0 radical (unpaired) electrons. The summed E-state index contributed by atoms with van der Waals surface area (Å²) in [6, 6.07) is 4.76. The number of halogens is 2. The summed E-state index contributed by atoms with van der Waals surface area (Å²) < 4.78 is 40.9. The first kappa shape index (κ1) is 15.6. The zero-order chi connectivity index (χ0) is 15.6. The van der Waals surface area contributed by atoms with Gasteiger partial charge in [0.15, 0.2) is 5.82 Å². The van der Waals surface area contributed by atoms with Gasteiger partial charge in [-0.2, -0.15) is 5.10 Å². The number of rotatable bonds is 4. The van der Waals surface area contributed by atoms with E-state index in [1.807, 2.05) is 0 Å². The number of nitrogens with one attached hydrogen (secondary N) is 2. The second-order valence-electron chi connectivity index (χ2n) is 3.99. The van der Waals surface area contributed by atoms with Gasteiger partial charge in [-0.25, -0.2) is 17.9 Å². The maximum Gasteiger partial charge on any atom is 0.266 e. The van der Waals surface area contributed by atoms with Crippen LogP contribution in [0, 0.1) is 5.82 Å². The first-order valence-corrected chi connectivity index (χ1v) is 7.87. The standard InChI is InChI=1S/C11H10BrFN4O3S/c12-7-3-6(5-14)11(13)8(4-7)21(19,20)17-9-1-2-10(18)16-15-9/h1-4H,5,14H2,(H,15,17)(H,16,18). The van der Waals surface area contributed by atoms with Crippen molar-refractivity contribution in [3.63, 3.8) is 0 Å². The molecule has 1 aromatic heterocycles. The highest BCUT2D eigenvalue weighted by atomic mass is 79.9. The molecule has 0 saturated carbocycles. The van der Waals surface area contributed by atoms with E-state index in [4.69, 9.17) is 5.73 Å². The van der Waals surface area contributed by atoms with E-state index in [1.165, 1.54) is 6.07 Å². The van der Waals surface area contributed by atoms with Gasteiger partial charge in [0, 0.05) is 22.6 Å². The van der Waals surface area contributed by atoms with Crippen LogP contribution in [0.4, 0.5) is 10.2 Å². The predicted octanol–water partition coefficient (Wildman–Crippen LogP) is 0.931. The van der Waals surface area contributed by atoms with Crippen molar-refractivity contribution in [2.45, 2.75) is 11.4 Å². The van der Waals surface area contributed by atoms with Crippen LogP contribution < -0.4 is 16.0 Å². The smallest absolute Gasteiger partial charge is 0.266 e. The number of anilines is 1. The SMILES string of the molecule is NCc1cc(Br)cc(S(=O)(=O)Nc2ccc(=O)[nH]n2)c1F. The Labute approximate surface area is 127 Å². The Balaban J connectivity index is 2.47. The van der Waals surface area contributed by atoms with E-state index >= 15 is 0 Å². The molecule has 4 N–H and O–H groups in total. The minimum absolute atomic E-state index is 0.0548. The lowest BCUT2D eigenvalue weighted by molar-refractivity contribution is 0.560. The Morgan fingerprint density at radius 2 is 2.10 bits per heavy atom. The fraction of sp³-hybridized carbons (Fsp3) is 0.0909. The molecule has 0 saturated heterocycles. The third kappa shape index (κ3) is 3.46.